The molecular formula is C12H13ClN6S. The maximum absolute atomic E-state index is 6.16. The Labute approximate surface area is 124 Å². The molecule has 3 aromatic rings. The molecule has 0 atom stereocenters. The second-order valence-electron chi connectivity index (χ2n) is 4.94. The molecule has 0 fully saturated rings. The zero-order valence-electron chi connectivity index (χ0n) is 11.3. The van der Waals surface area contributed by atoms with Gasteiger partial charge >= 0.3 is 0 Å². The summed E-state index contributed by atoms with van der Waals surface area (Å²) in [5, 5.41) is 11.0. The SMILES string of the molecule is Cc1c(Cl)nc2ncnn2c1NC(C)(C)c1nccs1. The summed E-state index contributed by atoms with van der Waals surface area (Å²) in [6, 6.07) is 0. The standard InChI is InChI=1S/C12H13ClN6S/c1-7-8(13)17-11-15-6-16-19(11)9(7)18-12(2,3)10-14-4-5-20-10/h4-6,18H,1-3H3. The van der Waals surface area contributed by atoms with Crippen LogP contribution in [0.1, 0.15) is 24.4 Å². The van der Waals surface area contributed by atoms with E-state index in [2.05, 4.69) is 39.2 Å². The molecule has 0 amide bonds. The summed E-state index contributed by atoms with van der Waals surface area (Å²) in [4.78, 5) is 12.6. The number of fused-ring (bicyclic) bond motifs is 1. The fraction of sp³-hybridized carbons (Fsp3) is 0.333. The molecule has 1 N–H and O–H groups in total. The van der Waals surface area contributed by atoms with Crippen molar-refractivity contribution in [3.8, 4) is 0 Å². The maximum Gasteiger partial charge on any atom is 0.255 e. The summed E-state index contributed by atoms with van der Waals surface area (Å²) in [6.45, 7) is 6.02. The third-order valence-corrected chi connectivity index (χ3v) is 4.47. The second kappa shape index (κ2) is 4.68. The van der Waals surface area contributed by atoms with E-state index in [-0.39, 0.29) is 5.54 Å². The third kappa shape index (κ3) is 2.12. The lowest BCUT2D eigenvalue weighted by Crippen LogP contribution is -2.29. The number of thiazole rings is 1. The van der Waals surface area contributed by atoms with Crippen LogP contribution in [0.25, 0.3) is 5.78 Å². The van der Waals surface area contributed by atoms with Gasteiger partial charge in [0, 0.05) is 17.1 Å². The van der Waals surface area contributed by atoms with Gasteiger partial charge in [0.2, 0.25) is 0 Å². The Bertz CT molecular complexity index is 749. The number of halogens is 1. The van der Waals surface area contributed by atoms with E-state index in [9.17, 15) is 0 Å². The first-order valence-corrected chi connectivity index (χ1v) is 7.29. The van der Waals surface area contributed by atoms with Gasteiger partial charge in [0.15, 0.2) is 0 Å². The second-order valence-corrected chi connectivity index (χ2v) is 6.19. The Morgan fingerprint density at radius 3 is 2.85 bits per heavy atom. The van der Waals surface area contributed by atoms with Crippen LogP contribution in [-0.4, -0.2) is 24.6 Å². The van der Waals surface area contributed by atoms with Crippen LogP contribution in [0.5, 0.6) is 0 Å². The molecule has 3 aromatic heterocycles. The van der Waals surface area contributed by atoms with Gasteiger partial charge in [-0.05, 0) is 20.8 Å². The topological polar surface area (TPSA) is 68.0 Å². The highest BCUT2D eigenvalue weighted by Gasteiger charge is 2.26. The number of rotatable bonds is 3. The minimum Gasteiger partial charge on any atom is -0.358 e. The molecule has 20 heavy (non-hydrogen) atoms. The van der Waals surface area contributed by atoms with Crippen molar-refractivity contribution in [2.45, 2.75) is 26.3 Å². The summed E-state index contributed by atoms with van der Waals surface area (Å²) >= 11 is 7.76. The van der Waals surface area contributed by atoms with Crippen LogP contribution in [0, 0.1) is 6.92 Å². The van der Waals surface area contributed by atoms with Crippen LogP contribution < -0.4 is 5.32 Å². The molecule has 0 aliphatic heterocycles. The van der Waals surface area contributed by atoms with Gasteiger partial charge < -0.3 is 5.32 Å². The lowest BCUT2D eigenvalue weighted by atomic mass is 10.1. The van der Waals surface area contributed by atoms with Gasteiger partial charge in [-0.15, -0.1) is 11.3 Å². The highest BCUT2D eigenvalue weighted by atomic mass is 35.5. The van der Waals surface area contributed by atoms with Crippen molar-refractivity contribution in [2.75, 3.05) is 5.32 Å². The van der Waals surface area contributed by atoms with Gasteiger partial charge in [-0.2, -0.15) is 19.6 Å². The predicted molar refractivity (Wildman–Crippen MR) is 79.3 cm³/mol. The molecular weight excluding hydrogens is 296 g/mol. The average molecular weight is 309 g/mol. The quantitative estimate of drug-likeness (QED) is 0.754. The van der Waals surface area contributed by atoms with E-state index < -0.39 is 0 Å². The first-order valence-electron chi connectivity index (χ1n) is 6.03. The fourth-order valence-corrected chi connectivity index (χ4v) is 2.81. The molecule has 3 heterocycles. The molecule has 0 aliphatic rings. The van der Waals surface area contributed by atoms with E-state index in [4.69, 9.17) is 11.6 Å². The van der Waals surface area contributed by atoms with Crippen molar-refractivity contribution in [3.05, 3.63) is 33.6 Å². The van der Waals surface area contributed by atoms with Crippen molar-refractivity contribution in [2.24, 2.45) is 0 Å². The van der Waals surface area contributed by atoms with Gasteiger partial charge in [-0.3, -0.25) is 0 Å². The molecule has 0 saturated heterocycles. The molecule has 6 nitrogen and oxygen atoms in total. The van der Waals surface area contributed by atoms with Gasteiger partial charge in [0.05, 0.1) is 5.54 Å². The molecule has 0 radical (unpaired) electrons. The van der Waals surface area contributed by atoms with Crippen LogP contribution >= 0.6 is 22.9 Å². The zero-order valence-corrected chi connectivity index (χ0v) is 12.8. The zero-order chi connectivity index (χ0) is 14.3. The minimum atomic E-state index is -0.345. The molecule has 0 unspecified atom stereocenters. The van der Waals surface area contributed by atoms with E-state index in [0.717, 1.165) is 16.4 Å². The predicted octanol–water partition coefficient (Wildman–Crippen LogP) is 2.89. The maximum atomic E-state index is 6.16. The summed E-state index contributed by atoms with van der Waals surface area (Å²) < 4.78 is 1.65. The number of nitrogens with one attached hydrogen (secondary N) is 1. The van der Waals surface area contributed by atoms with Crippen LogP contribution in [0.3, 0.4) is 0 Å². The van der Waals surface area contributed by atoms with Gasteiger partial charge in [-0.25, -0.2) is 4.98 Å². The fourth-order valence-electron chi connectivity index (χ4n) is 1.93. The molecule has 104 valence electrons. The number of nitrogens with zero attached hydrogens (tertiary/aromatic N) is 5. The smallest absolute Gasteiger partial charge is 0.255 e. The Balaban J connectivity index is 2.11. The highest BCUT2D eigenvalue weighted by Crippen LogP contribution is 2.30. The minimum absolute atomic E-state index is 0.345. The lowest BCUT2D eigenvalue weighted by Gasteiger charge is -2.26. The van der Waals surface area contributed by atoms with Crippen LogP contribution in [0.2, 0.25) is 5.15 Å². The van der Waals surface area contributed by atoms with Crippen molar-refractivity contribution in [1.82, 2.24) is 24.6 Å². The Morgan fingerprint density at radius 2 is 2.15 bits per heavy atom. The molecule has 0 saturated carbocycles. The largest absolute Gasteiger partial charge is 0.358 e. The number of hydrogen-bond acceptors (Lipinski definition) is 6. The Hall–Kier alpha value is -1.73. The normalized spacial score (nSPS) is 12.0. The summed E-state index contributed by atoms with van der Waals surface area (Å²) in [7, 11) is 0. The summed E-state index contributed by atoms with van der Waals surface area (Å²) in [5.74, 6) is 1.25. The molecule has 0 spiro atoms. The van der Waals surface area contributed by atoms with Crippen LogP contribution in [0.15, 0.2) is 17.9 Å². The third-order valence-electron chi connectivity index (χ3n) is 3.00. The molecule has 0 aliphatic carbocycles. The van der Waals surface area contributed by atoms with E-state index in [1.807, 2.05) is 12.3 Å². The van der Waals surface area contributed by atoms with Gasteiger partial charge in [0.25, 0.3) is 5.78 Å². The van der Waals surface area contributed by atoms with Crippen molar-refractivity contribution < 1.29 is 0 Å². The lowest BCUT2D eigenvalue weighted by molar-refractivity contribution is 0.595. The van der Waals surface area contributed by atoms with Crippen molar-refractivity contribution in [1.29, 1.82) is 0 Å². The van der Waals surface area contributed by atoms with Crippen LogP contribution in [-0.2, 0) is 5.54 Å². The first-order chi connectivity index (χ1) is 9.49. The summed E-state index contributed by atoms with van der Waals surface area (Å²) in [5.41, 5.74) is 0.483. The summed E-state index contributed by atoms with van der Waals surface area (Å²) in [6.07, 6.45) is 3.25. The van der Waals surface area contributed by atoms with Crippen LogP contribution in [0.4, 0.5) is 5.82 Å². The molecule has 0 aromatic carbocycles. The van der Waals surface area contributed by atoms with E-state index in [0.29, 0.717) is 10.9 Å². The van der Waals surface area contributed by atoms with E-state index in [1.165, 1.54) is 6.33 Å². The average Bonchev–Trinajstić information content (AvgIpc) is 3.05. The molecule has 3 rings (SSSR count). The molecule has 8 heteroatoms. The van der Waals surface area contributed by atoms with E-state index in [1.54, 1.807) is 22.0 Å². The van der Waals surface area contributed by atoms with Gasteiger partial charge in [-0.1, -0.05) is 11.6 Å². The highest BCUT2D eigenvalue weighted by molar-refractivity contribution is 7.09. The Kier molecular flexibility index (Phi) is 3.10. The molecule has 0 bridgehead atoms. The van der Waals surface area contributed by atoms with Gasteiger partial charge in [0.1, 0.15) is 22.3 Å². The number of aromatic nitrogens is 5. The Morgan fingerprint density at radius 1 is 1.35 bits per heavy atom. The monoisotopic (exact) mass is 308 g/mol. The number of anilines is 1. The first kappa shape index (κ1) is 13.3. The van der Waals surface area contributed by atoms with Crippen molar-refractivity contribution >= 4 is 34.5 Å². The van der Waals surface area contributed by atoms with E-state index >= 15 is 0 Å². The number of hydrogen-bond donors (Lipinski definition) is 1. The van der Waals surface area contributed by atoms with Crippen molar-refractivity contribution in [3.63, 3.8) is 0 Å².